The molecule has 1 aromatic carbocycles. The van der Waals surface area contributed by atoms with Crippen molar-refractivity contribution in [3.8, 4) is 5.75 Å². The number of benzene rings is 1. The van der Waals surface area contributed by atoms with Crippen molar-refractivity contribution < 1.29 is 23.4 Å². The Morgan fingerprint density at radius 2 is 2.12 bits per heavy atom. The highest BCUT2D eigenvalue weighted by atomic mass is 19.1. The molecule has 0 saturated carbocycles. The van der Waals surface area contributed by atoms with Gasteiger partial charge in [0.1, 0.15) is 24.3 Å². The molecule has 1 saturated heterocycles. The van der Waals surface area contributed by atoms with Crippen molar-refractivity contribution in [1.29, 1.82) is 0 Å². The summed E-state index contributed by atoms with van der Waals surface area (Å²) in [5.74, 6) is 0.187. The molecule has 1 fully saturated rings. The van der Waals surface area contributed by atoms with Crippen molar-refractivity contribution in [3.63, 3.8) is 0 Å². The molecule has 5 nitrogen and oxygen atoms in total. The molecule has 2 unspecified atom stereocenters. The van der Waals surface area contributed by atoms with E-state index in [0.29, 0.717) is 25.5 Å². The zero-order valence-corrected chi connectivity index (χ0v) is 14.4. The van der Waals surface area contributed by atoms with Gasteiger partial charge in [-0.25, -0.2) is 4.39 Å². The normalized spacial score (nSPS) is 18.9. The molecule has 134 valence electrons. The first-order valence-corrected chi connectivity index (χ1v) is 8.43. The van der Waals surface area contributed by atoms with Crippen LogP contribution < -0.4 is 4.74 Å². The molecule has 2 atom stereocenters. The summed E-state index contributed by atoms with van der Waals surface area (Å²) in [7, 11) is 1.72. The summed E-state index contributed by atoms with van der Waals surface area (Å²) >= 11 is 0. The number of halogens is 1. The van der Waals surface area contributed by atoms with Crippen LogP contribution in [0.1, 0.15) is 26.2 Å². The fraction of sp³-hybridized carbons (Fsp3) is 0.611. The van der Waals surface area contributed by atoms with Gasteiger partial charge in [-0.15, -0.1) is 0 Å². The fourth-order valence-electron chi connectivity index (χ4n) is 2.51. The Morgan fingerprint density at radius 1 is 1.38 bits per heavy atom. The van der Waals surface area contributed by atoms with Gasteiger partial charge in [0.15, 0.2) is 0 Å². The predicted octanol–water partition coefficient (Wildman–Crippen LogP) is 2.64. The highest BCUT2D eigenvalue weighted by Crippen LogP contribution is 2.14. The van der Waals surface area contributed by atoms with E-state index in [-0.39, 0.29) is 17.8 Å². The first-order valence-electron chi connectivity index (χ1n) is 8.43. The predicted molar refractivity (Wildman–Crippen MR) is 88.5 cm³/mol. The summed E-state index contributed by atoms with van der Waals surface area (Å²) in [6.45, 7) is 3.75. The Morgan fingerprint density at radius 3 is 2.79 bits per heavy atom. The second-order valence-corrected chi connectivity index (χ2v) is 6.03. The minimum Gasteiger partial charge on any atom is -0.492 e. The monoisotopic (exact) mass is 339 g/mol. The van der Waals surface area contributed by atoms with Crippen molar-refractivity contribution in [2.75, 3.05) is 33.4 Å². The van der Waals surface area contributed by atoms with Gasteiger partial charge in [-0.3, -0.25) is 4.79 Å². The molecule has 1 aliphatic heterocycles. The maximum Gasteiger partial charge on any atom is 0.251 e. The standard InChI is InChI=1S/C18H26FNO4/c1-14(24-13-17-5-3-4-11-22-17)18(21)20(2)10-12-23-16-8-6-15(19)7-9-16/h6-9,14,17H,3-5,10-13H2,1-2H3. The average molecular weight is 339 g/mol. The summed E-state index contributed by atoms with van der Waals surface area (Å²) in [5.41, 5.74) is 0. The molecule has 0 N–H and O–H groups in total. The Kier molecular flexibility index (Phi) is 7.46. The number of nitrogens with zero attached hydrogens (tertiary/aromatic N) is 1. The van der Waals surface area contributed by atoms with Gasteiger partial charge in [0.2, 0.25) is 0 Å². The van der Waals surface area contributed by atoms with E-state index in [2.05, 4.69) is 0 Å². The van der Waals surface area contributed by atoms with Gasteiger partial charge in [-0.1, -0.05) is 0 Å². The number of rotatable bonds is 8. The van der Waals surface area contributed by atoms with Crippen LogP contribution in [-0.2, 0) is 14.3 Å². The molecule has 1 heterocycles. The second kappa shape index (κ2) is 9.59. The molecule has 0 bridgehead atoms. The van der Waals surface area contributed by atoms with Crippen LogP contribution in [0.2, 0.25) is 0 Å². The molecule has 0 aliphatic carbocycles. The number of hydrogen-bond acceptors (Lipinski definition) is 4. The van der Waals surface area contributed by atoms with Gasteiger partial charge in [0.05, 0.1) is 19.3 Å². The van der Waals surface area contributed by atoms with Crippen LogP contribution in [0.15, 0.2) is 24.3 Å². The number of amides is 1. The average Bonchev–Trinajstić information content (AvgIpc) is 2.61. The van der Waals surface area contributed by atoms with Gasteiger partial charge in [0.25, 0.3) is 5.91 Å². The van der Waals surface area contributed by atoms with E-state index in [1.165, 1.54) is 12.1 Å². The van der Waals surface area contributed by atoms with Crippen LogP contribution in [0.3, 0.4) is 0 Å². The third-order valence-corrected chi connectivity index (χ3v) is 4.04. The van der Waals surface area contributed by atoms with E-state index in [0.717, 1.165) is 25.9 Å². The topological polar surface area (TPSA) is 48.0 Å². The third kappa shape index (κ3) is 6.09. The lowest BCUT2D eigenvalue weighted by atomic mass is 10.1. The lowest BCUT2D eigenvalue weighted by Crippen LogP contribution is -2.40. The fourth-order valence-corrected chi connectivity index (χ4v) is 2.51. The summed E-state index contributed by atoms with van der Waals surface area (Å²) in [6.07, 6.45) is 2.83. The van der Waals surface area contributed by atoms with E-state index in [1.807, 2.05) is 0 Å². The lowest BCUT2D eigenvalue weighted by molar-refractivity contribution is -0.145. The van der Waals surface area contributed by atoms with Gasteiger partial charge in [-0.05, 0) is 50.5 Å². The highest BCUT2D eigenvalue weighted by Gasteiger charge is 2.21. The SMILES string of the molecule is CC(OCC1CCCCO1)C(=O)N(C)CCOc1ccc(F)cc1. The van der Waals surface area contributed by atoms with Crippen molar-refractivity contribution in [3.05, 3.63) is 30.1 Å². The van der Waals surface area contributed by atoms with Crippen LogP contribution in [0, 0.1) is 5.82 Å². The summed E-state index contributed by atoms with van der Waals surface area (Å²) < 4.78 is 29.5. The minimum absolute atomic E-state index is 0.0893. The molecule has 0 spiro atoms. The Hall–Kier alpha value is -1.66. The molecule has 2 rings (SSSR count). The summed E-state index contributed by atoms with van der Waals surface area (Å²) in [5, 5.41) is 0. The number of hydrogen-bond donors (Lipinski definition) is 0. The Labute approximate surface area is 142 Å². The summed E-state index contributed by atoms with van der Waals surface area (Å²) in [4.78, 5) is 13.8. The van der Waals surface area contributed by atoms with Crippen LogP contribution >= 0.6 is 0 Å². The van der Waals surface area contributed by atoms with Crippen molar-refractivity contribution in [2.24, 2.45) is 0 Å². The molecular formula is C18H26FNO4. The van der Waals surface area contributed by atoms with E-state index >= 15 is 0 Å². The quantitative estimate of drug-likeness (QED) is 0.730. The number of ether oxygens (including phenoxy) is 3. The van der Waals surface area contributed by atoms with Gasteiger partial charge >= 0.3 is 0 Å². The zero-order chi connectivity index (χ0) is 17.4. The molecule has 1 amide bonds. The second-order valence-electron chi connectivity index (χ2n) is 6.03. The molecule has 24 heavy (non-hydrogen) atoms. The highest BCUT2D eigenvalue weighted by molar-refractivity contribution is 5.80. The van der Waals surface area contributed by atoms with Crippen LogP contribution in [0.4, 0.5) is 4.39 Å². The van der Waals surface area contributed by atoms with Crippen molar-refractivity contribution in [1.82, 2.24) is 4.90 Å². The van der Waals surface area contributed by atoms with Crippen LogP contribution in [-0.4, -0.2) is 56.4 Å². The maximum atomic E-state index is 12.8. The van der Waals surface area contributed by atoms with Crippen LogP contribution in [0.5, 0.6) is 5.75 Å². The van der Waals surface area contributed by atoms with Gasteiger partial charge in [-0.2, -0.15) is 0 Å². The first kappa shape index (κ1) is 18.7. The molecule has 1 aliphatic rings. The number of carbonyl (C=O) groups is 1. The Bertz CT molecular complexity index is 502. The first-order chi connectivity index (χ1) is 11.6. The van der Waals surface area contributed by atoms with Crippen molar-refractivity contribution >= 4 is 5.91 Å². The molecule has 0 radical (unpaired) electrons. The molecule has 1 aromatic rings. The Balaban J connectivity index is 1.65. The number of likely N-dealkylation sites (N-methyl/N-ethyl adjacent to an activating group) is 1. The summed E-state index contributed by atoms with van der Waals surface area (Å²) in [6, 6.07) is 5.81. The van der Waals surface area contributed by atoms with Crippen molar-refractivity contribution in [2.45, 2.75) is 38.4 Å². The smallest absolute Gasteiger partial charge is 0.251 e. The maximum absolute atomic E-state index is 12.8. The number of carbonyl (C=O) groups excluding carboxylic acids is 1. The van der Waals surface area contributed by atoms with Crippen LogP contribution in [0.25, 0.3) is 0 Å². The van der Waals surface area contributed by atoms with Gasteiger partial charge in [0, 0.05) is 13.7 Å². The van der Waals surface area contributed by atoms with E-state index in [9.17, 15) is 9.18 Å². The molecule has 0 aromatic heterocycles. The third-order valence-electron chi connectivity index (χ3n) is 4.04. The lowest BCUT2D eigenvalue weighted by Gasteiger charge is -2.26. The van der Waals surface area contributed by atoms with E-state index in [4.69, 9.17) is 14.2 Å². The van der Waals surface area contributed by atoms with E-state index < -0.39 is 6.10 Å². The largest absolute Gasteiger partial charge is 0.492 e. The molecular weight excluding hydrogens is 313 g/mol. The van der Waals surface area contributed by atoms with E-state index in [1.54, 1.807) is 31.0 Å². The van der Waals surface area contributed by atoms with Gasteiger partial charge < -0.3 is 19.1 Å². The minimum atomic E-state index is -0.508. The molecule has 6 heteroatoms. The zero-order valence-electron chi connectivity index (χ0n) is 14.4.